The van der Waals surface area contributed by atoms with Crippen LogP contribution in [0.5, 0.6) is 0 Å². The molecule has 1 aliphatic rings. The van der Waals surface area contributed by atoms with Crippen molar-refractivity contribution in [3.8, 4) is 0 Å². The summed E-state index contributed by atoms with van der Waals surface area (Å²) in [5, 5.41) is 11.5. The summed E-state index contributed by atoms with van der Waals surface area (Å²) in [5.74, 6) is -1.08. The second-order valence-electron chi connectivity index (χ2n) is 3.10. The van der Waals surface area contributed by atoms with Crippen LogP contribution in [-0.4, -0.2) is 41.1 Å². The van der Waals surface area contributed by atoms with E-state index in [-0.39, 0.29) is 25.2 Å². The van der Waals surface area contributed by atoms with Crippen LogP contribution in [0.2, 0.25) is 0 Å². The lowest BCUT2D eigenvalue weighted by Gasteiger charge is -2.21. The topological polar surface area (TPSA) is 69.6 Å². The van der Waals surface area contributed by atoms with Crippen LogP contribution in [0.25, 0.3) is 0 Å². The lowest BCUT2D eigenvalue weighted by atomic mass is 10.2. The lowest BCUT2D eigenvalue weighted by Crippen LogP contribution is -2.40. The summed E-state index contributed by atoms with van der Waals surface area (Å²) in [7, 11) is 0. The predicted octanol–water partition coefficient (Wildman–Crippen LogP) is -0.371. The van der Waals surface area contributed by atoms with Crippen molar-refractivity contribution in [3.05, 3.63) is 0 Å². The van der Waals surface area contributed by atoms with Crippen LogP contribution < -0.4 is 5.32 Å². The quantitative estimate of drug-likeness (QED) is 0.628. The highest BCUT2D eigenvalue weighted by molar-refractivity contribution is 5.84. The minimum absolute atomic E-state index is 0.0893. The Balaban J connectivity index is 2.54. The second-order valence-corrected chi connectivity index (χ2v) is 3.10. The Morgan fingerprint density at radius 3 is 3.00 bits per heavy atom. The molecule has 0 aromatic heterocycles. The fourth-order valence-electron chi connectivity index (χ4n) is 1.47. The molecule has 0 spiro atoms. The maximum atomic E-state index is 11.2. The molecule has 0 bridgehead atoms. The van der Waals surface area contributed by atoms with E-state index >= 15 is 0 Å². The van der Waals surface area contributed by atoms with Gasteiger partial charge in [-0.3, -0.25) is 14.9 Å². The number of hydrogen-bond donors (Lipinski definition) is 2. The number of carboxylic acids is 1. The van der Waals surface area contributed by atoms with E-state index in [1.54, 1.807) is 0 Å². The minimum Gasteiger partial charge on any atom is -0.480 e. The third-order valence-electron chi connectivity index (χ3n) is 2.05. The monoisotopic (exact) mass is 186 g/mol. The zero-order valence-electron chi connectivity index (χ0n) is 7.62. The highest BCUT2D eigenvalue weighted by Gasteiger charge is 2.30. The van der Waals surface area contributed by atoms with E-state index in [0.717, 1.165) is 12.8 Å². The van der Waals surface area contributed by atoms with Crippen LogP contribution in [0.4, 0.5) is 0 Å². The van der Waals surface area contributed by atoms with Gasteiger partial charge in [-0.2, -0.15) is 0 Å². The molecule has 1 rings (SSSR count). The first kappa shape index (κ1) is 9.98. The van der Waals surface area contributed by atoms with Gasteiger partial charge in [0.25, 0.3) is 0 Å². The van der Waals surface area contributed by atoms with Gasteiger partial charge in [-0.1, -0.05) is 13.3 Å². The molecule has 1 heterocycles. The number of carbonyl (C=O) groups is 2. The number of nitrogens with zero attached hydrogens (tertiary/aromatic N) is 1. The summed E-state index contributed by atoms with van der Waals surface area (Å²) in [6.07, 6.45) is 1.65. The average molecular weight is 186 g/mol. The molecule has 13 heavy (non-hydrogen) atoms. The maximum Gasteiger partial charge on any atom is 0.323 e. The van der Waals surface area contributed by atoms with Gasteiger partial charge in [-0.05, 0) is 6.42 Å². The fraction of sp³-hybridized carbons (Fsp3) is 0.750. The third kappa shape index (κ3) is 2.42. The molecule has 0 aliphatic carbocycles. The molecule has 2 N–H and O–H groups in total. The number of amides is 1. The first-order chi connectivity index (χ1) is 6.15. The summed E-state index contributed by atoms with van der Waals surface area (Å²) in [6.45, 7) is 2.07. The Kier molecular flexibility index (Phi) is 3.25. The third-order valence-corrected chi connectivity index (χ3v) is 2.05. The van der Waals surface area contributed by atoms with Gasteiger partial charge in [0.2, 0.25) is 5.91 Å². The van der Waals surface area contributed by atoms with Crippen molar-refractivity contribution in [1.29, 1.82) is 0 Å². The summed E-state index contributed by atoms with van der Waals surface area (Å²) in [4.78, 5) is 23.0. The zero-order valence-corrected chi connectivity index (χ0v) is 7.62. The van der Waals surface area contributed by atoms with Crippen LogP contribution in [0.3, 0.4) is 0 Å². The van der Waals surface area contributed by atoms with Crippen LogP contribution >= 0.6 is 0 Å². The highest BCUT2D eigenvalue weighted by atomic mass is 16.4. The van der Waals surface area contributed by atoms with E-state index in [2.05, 4.69) is 5.32 Å². The molecule has 1 fully saturated rings. The van der Waals surface area contributed by atoms with Gasteiger partial charge in [0.05, 0.1) is 12.7 Å². The second kappa shape index (κ2) is 4.23. The molecule has 1 amide bonds. The lowest BCUT2D eigenvalue weighted by molar-refractivity contribution is -0.143. The minimum atomic E-state index is -0.960. The molecule has 74 valence electrons. The molecular formula is C8H14N2O3. The van der Waals surface area contributed by atoms with Gasteiger partial charge >= 0.3 is 5.97 Å². The molecule has 1 unspecified atom stereocenters. The van der Waals surface area contributed by atoms with Crippen molar-refractivity contribution in [3.63, 3.8) is 0 Å². The van der Waals surface area contributed by atoms with E-state index in [0.29, 0.717) is 0 Å². The van der Waals surface area contributed by atoms with Gasteiger partial charge in [-0.25, -0.2) is 0 Å². The van der Waals surface area contributed by atoms with Crippen molar-refractivity contribution < 1.29 is 14.7 Å². The van der Waals surface area contributed by atoms with E-state index < -0.39 is 5.97 Å². The van der Waals surface area contributed by atoms with Crippen molar-refractivity contribution in [2.45, 2.75) is 25.9 Å². The predicted molar refractivity (Wildman–Crippen MR) is 46.0 cm³/mol. The number of carbonyl (C=O) groups excluding carboxylic acids is 1. The molecule has 5 heteroatoms. The number of nitrogens with one attached hydrogen (secondary N) is 1. The summed E-state index contributed by atoms with van der Waals surface area (Å²) >= 11 is 0. The average Bonchev–Trinajstić information content (AvgIpc) is 2.36. The Morgan fingerprint density at radius 1 is 1.77 bits per heavy atom. The van der Waals surface area contributed by atoms with E-state index in [1.807, 2.05) is 6.92 Å². The fourth-order valence-corrected chi connectivity index (χ4v) is 1.47. The van der Waals surface area contributed by atoms with Gasteiger partial charge in [0, 0.05) is 0 Å². The Bertz CT molecular complexity index is 217. The first-order valence-electron chi connectivity index (χ1n) is 4.39. The van der Waals surface area contributed by atoms with Crippen LogP contribution in [0.15, 0.2) is 0 Å². The van der Waals surface area contributed by atoms with Crippen molar-refractivity contribution in [2.75, 3.05) is 13.1 Å². The zero-order chi connectivity index (χ0) is 9.84. The van der Waals surface area contributed by atoms with Crippen molar-refractivity contribution >= 4 is 11.9 Å². The van der Waals surface area contributed by atoms with E-state index in [1.165, 1.54) is 4.90 Å². The summed E-state index contributed by atoms with van der Waals surface area (Å²) < 4.78 is 0. The normalized spacial score (nSPS) is 22.4. The van der Waals surface area contributed by atoms with Gasteiger partial charge in [-0.15, -0.1) is 0 Å². The number of hydrogen-bond acceptors (Lipinski definition) is 3. The highest BCUT2D eigenvalue weighted by Crippen LogP contribution is 2.09. The number of aliphatic carboxylic acids is 1. The molecule has 1 saturated heterocycles. The molecule has 0 aromatic rings. The van der Waals surface area contributed by atoms with Crippen LogP contribution in [-0.2, 0) is 9.59 Å². The largest absolute Gasteiger partial charge is 0.480 e. The Morgan fingerprint density at radius 2 is 2.46 bits per heavy atom. The summed E-state index contributed by atoms with van der Waals surface area (Å²) in [5.41, 5.74) is 0. The standard InChI is InChI=1S/C8H14N2O3/c1-2-3-6-9-4-7(11)10(6)5-8(12)13/h6,9H,2-5H2,1H3,(H,12,13). The van der Waals surface area contributed by atoms with Gasteiger partial charge in [0.1, 0.15) is 6.54 Å². The molecule has 1 atom stereocenters. The molecule has 0 aromatic carbocycles. The molecular weight excluding hydrogens is 172 g/mol. The molecule has 5 nitrogen and oxygen atoms in total. The maximum absolute atomic E-state index is 11.2. The summed E-state index contributed by atoms with van der Waals surface area (Å²) in [6, 6.07) is 0. The van der Waals surface area contributed by atoms with Crippen LogP contribution in [0, 0.1) is 0 Å². The van der Waals surface area contributed by atoms with Crippen molar-refractivity contribution in [1.82, 2.24) is 10.2 Å². The van der Waals surface area contributed by atoms with E-state index in [4.69, 9.17) is 5.11 Å². The van der Waals surface area contributed by atoms with Crippen molar-refractivity contribution in [2.24, 2.45) is 0 Å². The Labute approximate surface area is 76.7 Å². The number of carboxylic acid groups (broad SMARTS) is 1. The molecule has 1 aliphatic heterocycles. The molecule has 0 saturated carbocycles. The molecule has 0 radical (unpaired) electrons. The van der Waals surface area contributed by atoms with Gasteiger partial charge in [0.15, 0.2) is 0 Å². The Hall–Kier alpha value is -1.10. The smallest absolute Gasteiger partial charge is 0.323 e. The SMILES string of the molecule is CCCC1NCC(=O)N1CC(=O)O. The van der Waals surface area contributed by atoms with E-state index in [9.17, 15) is 9.59 Å². The van der Waals surface area contributed by atoms with Gasteiger partial charge < -0.3 is 10.0 Å². The first-order valence-corrected chi connectivity index (χ1v) is 4.39. The number of rotatable bonds is 4. The van der Waals surface area contributed by atoms with Crippen LogP contribution in [0.1, 0.15) is 19.8 Å².